The van der Waals surface area contributed by atoms with Gasteiger partial charge in [-0.2, -0.15) is 0 Å². The predicted molar refractivity (Wildman–Crippen MR) is 79.0 cm³/mol. The third kappa shape index (κ3) is 2.47. The Morgan fingerprint density at radius 1 is 1.35 bits per heavy atom. The molecule has 20 heavy (non-hydrogen) atoms. The molecule has 104 valence electrons. The number of hydrogen-bond donors (Lipinski definition) is 2. The molecular weight excluding hydrogens is 254 g/mol. The van der Waals surface area contributed by atoms with Crippen molar-refractivity contribution in [2.45, 2.75) is 26.0 Å². The summed E-state index contributed by atoms with van der Waals surface area (Å²) in [5.41, 5.74) is 7.36. The lowest BCUT2D eigenvalue weighted by Gasteiger charge is -2.28. The number of rotatable bonds is 3. The maximum absolute atomic E-state index is 5.94. The van der Waals surface area contributed by atoms with Crippen molar-refractivity contribution in [2.24, 2.45) is 4.99 Å². The first-order valence-electron chi connectivity index (χ1n) is 6.66. The normalized spacial score (nSPS) is 19.2. The van der Waals surface area contributed by atoms with Crippen LogP contribution < -0.4 is 15.8 Å². The SMILES string of the molecule is CCC1Oc2cc(N)ccc2NC1=NCc1ccco1. The molecule has 0 aliphatic carbocycles. The first-order chi connectivity index (χ1) is 9.76. The van der Waals surface area contributed by atoms with Crippen molar-refractivity contribution < 1.29 is 9.15 Å². The zero-order valence-electron chi connectivity index (χ0n) is 11.3. The van der Waals surface area contributed by atoms with Crippen LogP contribution in [0.2, 0.25) is 0 Å². The van der Waals surface area contributed by atoms with Crippen LogP contribution in [-0.2, 0) is 6.54 Å². The maximum atomic E-state index is 5.94. The Labute approximate surface area is 117 Å². The van der Waals surface area contributed by atoms with Gasteiger partial charge in [-0.25, -0.2) is 0 Å². The zero-order valence-corrected chi connectivity index (χ0v) is 11.3. The third-order valence-corrected chi connectivity index (χ3v) is 3.20. The lowest BCUT2D eigenvalue weighted by atomic mass is 10.1. The number of nitrogens with two attached hydrogens (primary N) is 1. The molecule has 2 aromatic rings. The highest BCUT2D eigenvalue weighted by Crippen LogP contribution is 2.32. The van der Waals surface area contributed by atoms with Gasteiger partial charge < -0.3 is 20.2 Å². The van der Waals surface area contributed by atoms with Gasteiger partial charge in [-0.1, -0.05) is 6.92 Å². The average molecular weight is 271 g/mol. The van der Waals surface area contributed by atoms with Gasteiger partial charge in [0.15, 0.2) is 6.10 Å². The fraction of sp³-hybridized carbons (Fsp3) is 0.267. The smallest absolute Gasteiger partial charge is 0.155 e. The number of anilines is 2. The molecule has 0 saturated carbocycles. The molecule has 1 atom stereocenters. The van der Waals surface area contributed by atoms with E-state index in [9.17, 15) is 0 Å². The molecule has 1 aromatic heterocycles. The van der Waals surface area contributed by atoms with E-state index in [-0.39, 0.29) is 6.10 Å². The van der Waals surface area contributed by atoms with Crippen LogP contribution in [0.1, 0.15) is 19.1 Å². The standard InChI is InChI=1S/C15H17N3O2/c1-2-13-15(17-9-11-4-3-7-19-11)18-12-6-5-10(16)8-14(12)20-13/h3-8,13H,2,9,16H2,1H3,(H,17,18). The van der Waals surface area contributed by atoms with Crippen LogP contribution in [0.3, 0.4) is 0 Å². The number of ether oxygens (including phenoxy) is 1. The zero-order chi connectivity index (χ0) is 13.9. The van der Waals surface area contributed by atoms with E-state index in [1.165, 1.54) is 0 Å². The molecule has 0 amide bonds. The second-order valence-corrected chi connectivity index (χ2v) is 4.68. The molecule has 1 aliphatic rings. The molecule has 3 N–H and O–H groups in total. The molecule has 2 heterocycles. The van der Waals surface area contributed by atoms with E-state index >= 15 is 0 Å². The van der Waals surface area contributed by atoms with E-state index in [0.717, 1.165) is 29.5 Å². The minimum absolute atomic E-state index is 0.0840. The number of nitrogens with zero attached hydrogens (tertiary/aromatic N) is 1. The average Bonchev–Trinajstić information content (AvgIpc) is 2.97. The summed E-state index contributed by atoms with van der Waals surface area (Å²) in [7, 11) is 0. The van der Waals surface area contributed by atoms with Gasteiger partial charge in [0.1, 0.15) is 17.3 Å². The molecule has 0 fully saturated rings. The maximum Gasteiger partial charge on any atom is 0.155 e. The number of nitrogens with one attached hydrogen (secondary N) is 1. The number of fused-ring (bicyclic) bond motifs is 1. The van der Waals surface area contributed by atoms with Crippen molar-refractivity contribution in [3.8, 4) is 5.75 Å². The van der Waals surface area contributed by atoms with Crippen LogP contribution in [0.25, 0.3) is 0 Å². The van der Waals surface area contributed by atoms with Crippen molar-refractivity contribution >= 4 is 17.2 Å². The number of amidine groups is 1. The summed E-state index contributed by atoms with van der Waals surface area (Å²) in [6, 6.07) is 9.33. The molecule has 0 saturated heterocycles. The van der Waals surface area contributed by atoms with Gasteiger partial charge in [-0.15, -0.1) is 0 Å². The summed E-state index contributed by atoms with van der Waals surface area (Å²) < 4.78 is 11.2. The Kier molecular flexibility index (Phi) is 3.33. The largest absolute Gasteiger partial charge is 0.480 e. The van der Waals surface area contributed by atoms with Crippen LogP contribution in [0, 0.1) is 0 Å². The summed E-state index contributed by atoms with van der Waals surface area (Å²) >= 11 is 0. The van der Waals surface area contributed by atoms with Crippen LogP contribution in [-0.4, -0.2) is 11.9 Å². The third-order valence-electron chi connectivity index (χ3n) is 3.20. The van der Waals surface area contributed by atoms with Gasteiger partial charge in [-0.3, -0.25) is 4.99 Å². The molecule has 0 radical (unpaired) electrons. The highest BCUT2D eigenvalue weighted by molar-refractivity contribution is 6.02. The van der Waals surface area contributed by atoms with E-state index < -0.39 is 0 Å². The van der Waals surface area contributed by atoms with E-state index in [0.29, 0.717) is 12.2 Å². The molecule has 0 spiro atoms. The Morgan fingerprint density at radius 2 is 2.25 bits per heavy atom. The minimum atomic E-state index is -0.0840. The van der Waals surface area contributed by atoms with Crippen molar-refractivity contribution in [1.82, 2.24) is 0 Å². The lowest BCUT2D eigenvalue weighted by molar-refractivity contribution is 0.258. The van der Waals surface area contributed by atoms with Gasteiger partial charge in [0.05, 0.1) is 18.5 Å². The summed E-state index contributed by atoms with van der Waals surface area (Å²) in [6.45, 7) is 2.56. The number of benzene rings is 1. The molecule has 0 bridgehead atoms. The van der Waals surface area contributed by atoms with Crippen molar-refractivity contribution in [3.05, 3.63) is 42.4 Å². The molecular formula is C15H17N3O2. The number of furan rings is 1. The predicted octanol–water partition coefficient (Wildman–Crippen LogP) is 3.04. The second-order valence-electron chi connectivity index (χ2n) is 4.68. The molecule has 5 heteroatoms. The van der Waals surface area contributed by atoms with Crippen LogP contribution in [0.4, 0.5) is 11.4 Å². The van der Waals surface area contributed by atoms with Crippen LogP contribution in [0.15, 0.2) is 46.0 Å². The molecule has 3 rings (SSSR count). The van der Waals surface area contributed by atoms with E-state index in [2.05, 4.69) is 17.2 Å². The van der Waals surface area contributed by atoms with Crippen LogP contribution in [0.5, 0.6) is 5.75 Å². The number of hydrogen-bond acceptors (Lipinski definition) is 4. The van der Waals surface area contributed by atoms with E-state index in [1.807, 2.05) is 30.3 Å². The van der Waals surface area contributed by atoms with Gasteiger partial charge in [0, 0.05) is 11.8 Å². The topological polar surface area (TPSA) is 72.8 Å². The molecule has 1 aliphatic heterocycles. The Hall–Kier alpha value is -2.43. The van der Waals surface area contributed by atoms with Gasteiger partial charge >= 0.3 is 0 Å². The monoisotopic (exact) mass is 271 g/mol. The molecule has 1 unspecified atom stereocenters. The highest BCUT2D eigenvalue weighted by atomic mass is 16.5. The fourth-order valence-corrected chi connectivity index (χ4v) is 2.15. The Balaban J connectivity index is 1.84. The van der Waals surface area contributed by atoms with E-state index in [4.69, 9.17) is 14.9 Å². The summed E-state index contributed by atoms with van der Waals surface area (Å²) in [4.78, 5) is 4.55. The van der Waals surface area contributed by atoms with Crippen LogP contribution >= 0.6 is 0 Å². The van der Waals surface area contributed by atoms with Crippen molar-refractivity contribution in [2.75, 3.05) is 11.1 Å². The number of nitrogen functional groups attached to an aromatic ring is 1. The second kappa shape index (κ2) is 5.28. The Morgan fingerprint density at radius 3 is 3.00 bits per heavy atom. The summed E-state index contributed by atoms with van der Waals surface area (Å²) in [5, 5.41) is 3.32. The summed E-state index contributed by atoms with van der Waals surface area (Å²) in [5.74, 6) is 2.42. The quantitative estimate of drug-likeness (QED) is 0.841. The minimum Gasteiger partial charge on any atom is -0.480 e. The lowest BCUT2D eigenvalue weighted by Crippen LogP contribution is -2.36. The fourth-order valence-electron chi connectivity index (χ4n) is 2.15. The van der Waals surface area contributed by atoms with E-state index in [1.54, 1.807) is 6.26 Å². The van der Waals surface area contributed by atoms with Gasteiger partial charge in [0.2, 0.25) is 0 Å². The molecule has 1 aromatic carbocycles. The Bertz CT molecular complexity index is 620. The number of aliphatic imine (C=N–C) groups is 1. The van der Waals surface area contributed by atoms with Gasteiger partial charge in [-0.05, 0) is 30.7 Å². The first kappa shape index (κ1) is 12.6. The summed E-state index contributed by atoms with van der Waals surface area (Å²) in [6.07, 6.45) is 2.40. The van der Waals surface area contributed by atoms with Crippen molar-refractivity contribution in [1.29, 1.82) is 0 Å². The molecule has 5 nitrogen and oxygen atoms in total. The van der Waals surface area contributed by atoms with Crippen molar-refractivity contribution in [3.63, 3.8) is 0 Å². The highest BCUT2D eigenvalue weighted by Gasteiger charge is 2.24. The first-order valence-corrected chi connectivity index (χ1v) is 6.66. The van der Waals surface area contributed by atoms with Gasteiger partial charge in [0.25, 0.3) is 0 Å².